The van der Waals surface area contributed by atoms with Crippen LogP contribution in [0.4, 0.5) is 17.1 Å². The van der Waals surface area contributed by atoms with Gasteiger partial charge in [0, 0.05) is 24.1 Å². The maximum Gasteiger partial charge on any atom is 0.0578 e. The second kappa shape index (κ2) is 6.31. The summed E-state index contributed by atoms with van der Waals surface area (Å²) < 4.78 is 0. The van der Waals surface area contributed by atoms with E-state index in [0.717, 1.165) is 25.7 Å². The number of anilines is 3. The van der Waals surface area contributed by atoms with Crippen LogP contribution in [-0.2, 0) is 25.7 Å². The van der Waals surface area contributed by atoms with E-state index in [2.05, 4.69) is 95.9 Å². The molecule has 0 radical (unpaired) electrons. The van der Waals surface area contributed by atoms with Crippen LogP contribution in [0.3, 0.4) is 0 Å². The van der Waals surface area contributed by atoms with Gasteiger partial charge in [0.05, 0.1) is 11.4 Å². The Morgan fingerprint density at radius 1 is 0.429 bits per heavy atom. The van der Waals surface area contributed by atoms with Crippen molar-refractivity contribution in [2.75, 3.05) is 4.90 Å². The van der Waals surface area contributed by atoms with Gasteiger partial charge in [-0.25, -0.2) is 0 Å². The van der Waals surface area contributed by atoms with Crippen molar-refractivity contribution in [2.24, 2.45) is 0 Å². The summed E-state index contributed by atoms with van der Waals surface area (Å²) in [7, 11) is 0. The van der Waals surface area contributed by atoms with E-state index in [4.69, 9.17) is 0 Å². The molecule has 0 atom stereocenters. The van der Waals surface area contributed by atoms with Crippen LogP contribution in [0.25, 0.3) is 22.3 Å². The summed E-state index contributed by atoms with van der Waals surface area (Å²) in [5.74, 6) is 0. The van der Waals surface area contributed by atoms with E-state index >= 15 is 0 Å². The van der Waals surface area contributed by atoms with Gasteiger partial charge in [-0.3, -0.25) is 0 Å². The Balaban J connectivity index is 1.38. The summed E-state index contributed by atoms with van der Waals surface area (Å²) in [6, 6.07) is 34.4. The zero-order valence-electron chi connectivity index (χ0n) is 19.4. The van der Waals surface area contributed by atoms with Crippen LogP contribution in [0.2, 0.25) is 0 Å². The zero-order chi connectivity index (χ0) is 22.7. The zero-order valence-corrected chi connectivity index (χ0v) is 19.4. The minimum atomic E-state index is 1.01. The fourth-order valence-electron chi connectivity index (χ4n) is 7.27. The monoisotopic (exact) mass is 445 g/mol. The standard InChI is InChI=1S/C34H23N/c1-4-10-26-21(8-1)17-29-28(26)19-25-16-22-9-3-6-12-31(22)35-33(25)30(29)18-24-14-13-23-15-20-7-2-5-11-27(20)32(23)34(24)35/h1-14,19H,15-18H2. The van der Waals surface area contributed by atoms with Crippen molar-refractivity contribution in [2.45, 2.75) is 25.7 Å². The van der Waals surface area contributed by atoms with Crippen molar-refractivity contribution in [3.8, 4) is 22.3 Å². The first-order valence-corrected chi connectivity index (χ1v) is 12.7. The molecule has 0 amide bonds. The molecular weight excluding hydrogens is 422 g/mol. The molecule has 0 bridgehead atoms. The Morgan fingerprint density at radius 2 is 1.09 bits per heavy atom. The van der Waals surface area contributed by atoms with E-state index in [0.29, 0.717) is 0 Å². The molecule has 5 aromatic carbocycles. The highest BCUT2D eigenvalue weighted by atomic mass is 15.2. The molecule has 4 aliphatic rings. The van der Waals surface area contributed by atoms with Gasteiger partial charge in [-0.2, -0.15) is 0 Å². The van der Waals surface area contributed by atoms with Crippen LogP contribution in [0.5, 0.6) is 0 Å². The molecule has 0 fully saturated rings. The summed E-state index contributed by atoms with van der Waals surface area (Å²) in [5, 5.41) is 0. The molecule has 2 aliphatic carbocycles. The van der Waals surface area contributed by atoms with Crippen LogP contribution < -0.4 is 4.90 Å². The van der Waals surface area contributed by atoms with Crippen LogP contribution in [0, 0.1) is 0 Å². The predicted octanol–water partition coefficient (Wildman–Crippen LogP) is 8.11. The summed E-state index contributed by atoms with van der Waals surface area (Å²) in [6.45, 7) is 0. The molecule has 1 nitrogen and oxygen atoms in total. The number of nitrogens with zero attached hydrogens (tertiary/aromatic N) is 1. The maximum atomic E-state index is 2.65. The van der Waals surface area contributed by atoms with Crippen molar-refractivity contribution in [1.82, 2.24) is 0 Å². The van der Waals surface area contributed by atoms with E-state index in [1.54, 1.807) is 11.1 Å². The molecule has 35 heavy (non-hydrogen) atoms. The first-order valence-electron chi connectivity index (χ1n) is 12.7. The SMILES string of the molecule is c1ccc2c(c1)Cc1c-2cc2c3c1Cc1ccc4c(c1N3c1ccccc1C2)-c1ccccc1C4. The second-order valence-electron chi connectivity index (χ2n) is 10.5. The molecule has 9 rings (SSSR count). The Labute approximate surface area is 205 Å². The van der Waals surface area contributed by atoms with Crippen molar-refractivity contribution in [3.05, 3.63) is 136 Å². The van der Waals surface area contributed by atoms with E-state index in [1.807, 2.05) is 0 Å². The van der Waals surface area contributed by atoms with Gasteiger partial charge in [-0.1, -0.05) is 78.9 Å². The smallest absolute Gasteiger partial charge is 0.0578 e. The maximum absolute atomic E-state index is 2.65. The molecule has 2 heterocycles. The number of benzene rings is 5. The largest absolute Gasteiger partial charge is 0.309 e. The predicted molar refractivity (Wildman–Crippen MR) is 143 cm³/mol. The van der Waals surface area contributed by atoms with E-state index in [9.17, 15) is 0 Å². The Hall–Kier alpha value is -4.10. The fourth-order valence-corrected chi connectivity index (χ4v) is 7.27. The first kappa shape index (κ1) is 18.3. The first-order chi connectivity index (χ1) is 17.3. The van der Waals surface area contributed by atoms with Crippen LogP contribution in [-0.4, -0.2) is 0 Å². The number of hydrogen-bond acceptors (Lipinski definition) is 1. The highest BCUT2D eigenvalue weighted by Crippen LogP contribution is 2.58. The lowest BCUT2D eigenvalue weighted by atomic mass is 9.81. The number of para-hydroxylation sites is 1. The van der Waals surface area contributed by atoms with Crippen molar-refractivity contribution in [1.29, 1.82) is 0 Å². The van der Waals surface area contributed by atoms with E-state index in [-0.39, 0.29) is 0 Å². The van der Waals surface area contributed by atoms with E-state index in [1.165, 1.54) is 72.7 Å². The topological polar surface area (TPSA) is 3.24 Å². The lowest BCUT2D eigenvalue weighted by molar-refractivity contribution is 0.994. The summed E-state index contributed by atoms with van der Waals surface area (Å²) >= 11 is 0. The average molecular weight is 446 g/mol. The molecule has 0 unspecified atom stereocenters. The molecule has 5 aromatic rings. The third-order valence-corrected chi connectivity index (χ3v) is 8.72. The highest BCUT2D eigenvalue weighted by Gasteiger charge is 2.38. The summed E-state index contributed by atoms with van der Waals surface area (Å²) in [5.41, 5.74) is 21.8. The average Bonchev–Trinajstić information content (AvgIpc) is 3.47. The fraction of sp³-hybridized carbons (Fsp3) is 0.118. The molecule has 164 valence electrons. The van der Waals surface area contributed by atoms with Crippen LogP contribution >= 0.6 is 0 Å². The number of hydrogen-bond donors (Lipinski definition) is 0. The van der Waals surface area contributed by atoms with Gasteiger partial charge in [-0.15, -0.1) is 0 Å². The highest BCUT2D eigenvalue weighted by molar-refractivity contribution is 6.00. The molecule has 0 saturated heterocycles. The third kappa shape index (κ3) is 2.24. The lowest BCUT2D eigenvalue weighted by Crippen LogP contribution is -2.26. The van der Waals surface area contributed by atoms with Crippen molar-refractivity contribution >= 4 is 17.1 Å². The molecular formula is C34H23N. The van der Waals surface area contributed by atoms with E-state index < -0.39 is 0 Å². The van der Waals surface area contributed by atoms with Crippen molar-refractivity contribution < 1.29 is 0 Å². The van der Waals surface area contributed by atoms with Crippen LogP contribution in [0.15, 0.2) is 91.0 Å². The van der Waals surface area contributed by atoms with Crippen molar-refractivity contribution in [3.63, 3.8) is 0 Å². The molecule has 0 saturated carbocycles. The van der Waals surface area contributed by atoms with Gasteiger partial charge >= 0.3 is 0 Å². The van der Waals surface area contributed by atoms with Gasteiger partial charge in [0.25, 0.3) is 0 Å². The summed E-state index contributed by atoms with van der Waals surface area (Å²) in [6.07, 6.45) is 4.11. The van der Waals surface area contributed by atoms with Gasteiger partial charge in [0.2, 0.25) is 0 Å². The third-order valence-electron chi connectivity index (χ3n) is 8.72. The Kier molecular flexibility index (Phi) is 3.29. The number of fused-ring (bicyclic) bond motifs is 12. The minimum Gasteiger partial charge on any atom is -0.309 e. The number of rotatable bonds is 0. The minimum absolute atomic E-state index is 1.01. The quantitative estimate of drug-likeness (QED) is 0.228. The molecule has 0 N–H and O–H groups in total. The lowest BCUT2D eigenvalue weighted by Gasteiger charge is -2.41. The van der Waals surface area contributed by atoms with Gasteiger partial charge in [-0.05, 0) is 86.2 Å². The second-order valence-corrected chi connectivity index (χ2v) is 10.5. The normalized spacial score (nSPS) is 14.9. The Morgan fingerprint density at radius 3 is 1.97 bits per heavy atom. The van der Waals surface area contributed by atoms with Crippen LogP contribution in [0.1, 0.15) is 44.5 Å². The molecule has 1 heteroatoms. The molecule has 0 spiro atoms. The van der Waals surface area contributed by atoms with Gasteiger partial charge in [0.1, 0.15) is 0 Å². The molecule has 2 aliphatic heterocycles. The van der Waals surface area contributed by atoms with Gasteiger partial charge < -0.3 is 4.90 Å². The molecule has 0 aromatic heterocycles. The Bertz CT molecular complexity index is 1760. The summed E-state index contributed by atoms with van der Waals surface area (Å²) in [4.78, 5) is 2.65. The van der Waals surface area contributed by atoms with Gasteiger partial charge in [0.15, 0.2) is 0 Å².